The molecule has 1 heterocycles. The average Bonchev–Trinajstić information content (AvgIpc) is 2.71. The first kappa shape index (κ1) is 20.3. The summed E-state index contributed by atoms with van der Waals surface area (Å²) < 4.78 is 5.77. The number of anilines is 1. The summed E-state index contributed by atoms with van der Waals surface area (Å²) in [5.74, 6) is 0.949. The Balaban J connectivity index is 1.79. The Morgan fingerprint density at radius 3 is 2.38 bits per heavy atom. The predicted molar refractivity (Wildman–Crippen MR) is 123 cm³/mol. The highest BCUT2D eigenvalue weighted by Crippen LogP contribution is 2.47. The highest BCUT2D eigenvalue weighted by molar-refractivity contribution is 5.76. The van der Waals surface area contributed by atoms with Gasteiger partial charge >= 0.3 is 0 Å². The fourth-order valence-electron chi connectivity index (χ4n) is 5.04. The van der Waals surface area contributed by atoms with Crippen LogP contribution in [0.25, 0.3) is 11.1 Å². The molecular formula is C26H36N2O. The third-order valence-electron chi connectivity index (χ3n) is 7.08. The van der Waals surface area contributed by atoms with Gasteiger partial charge in [0.15, 0.2) is 0 Å². The van der Waals surface area contributed by atoms with Crippen molar-refractivity contribution in [2.24, 2.45) is 0 Å². The molecular weight excluding hydrogens is 356 g/mol. The Bertz CT molecular complexity index is 900. The normalized spacial score (nSPS) is 22.8. The molecule has 2 aromatic rings. The maximum atomic E-state index is 5.77. The lowest BCUT2D eigenvalue weighted by Gasteiger charge is -2.42. The molecule has 3 nitrogen and oxygen atoms in total. The lowest BCUT2D eigenvalue weighted by atomic mass is 9.63. The van der Waals surface area contributed by atoms with Crippen molar-refractivity contribution in [3.8, 4) is 16.9 Å². The Labute approximate surface area is 176 Å². The van der Waals surface area contributed by atoms with Gasteiger partial charge in [-0.1, -0.05) is 45.9 Å². The quantitative estimate of drug-likeness (QED) is 0.745. The molecule has 0 spiro atoms. The van der Waals surface area contributed by atoms with Crippen LogP contribution in [0.15, 0.2) is 36.4 Å². The Kier molecular flexibility index (Phi) is 5.14. The largest absolute Gasteiger partial charge is 0.496 e. The molecule has 1 fully saturated rings. The van der Waals surface area contributed by atoms with E-state index in [2.05, 4.69) is 81.2 Å². The average molecular weight is 393 g/mol. The van der Waals surface area contributed by atoms with Crippen LogP contribution in [0.1, 0.15) is 58.6 Å². The minimum absolute atomic E-state index is 0.208. The molecule has 1 aliphatic heterocycles. The van der Waals surface area contributed by atoms with Gasteiger partial charge in [0.25, 0.3) is 0 Å². The summed E-state index contributed by atoms with van der Waals surface area (Å²) in [6, 6.07) is 14.3. The summed E-state index contributed by atoms with van der Waals surface area (Å²) in [7, 11) is 1.77. The van der Waals surface area contributed by atoms with Crippen LogP contribution < -0.4 is 15.0 Å². The number of hydrogen-bond acceptors (Lipinski definition) is 3. The number of benzene rings is 2. The molecule has 0 amide bonds. The molecule has 0 aromatic heterocycles. The summed E-state index contributed by atoms with van der Waals surface area (Å²) >= 11 is 0. The molecule has 1 N–H and O–H groups in total. The van der Waals surface area contributed by atoms with Gasteiger partial charge in [-0.05, 0) is 65.5 Å². The fourth-order valence-corrected chi connectivity index (χ4v) is 5.04. The standard InChI is InChI=1S/C26H36N2O/c1-18-17-28(14-13-27-18)20-8-10-24(29-6)21(16-20)19-7-9-22-23(15-19)26(4,5)12-11-25(22,2)3/h7-10,15-16,18,27H,11-14,17H2,1-6H3/t18-/m0/s1. The molecule has 0 unspecified atom stereocenters. The van der Waals surface area contributed by atoms with Crippen LogP contribution in [0.5, 0.6) is 5.75 Å². The van der Waals surface area contributed by atoms with Gasteiger partial charge in [-0.25, -0.2) is 0 Å². The summed E-state index contributed by atoms with van der Waals surface area (Å²) in [5, 5.41) is 3.54. The minimum atomic E-state index is 0.208. The highest BCUT2D eigenvalue weighted by atomic mass is 16.5. The first-order valence-corrected chi connectivity index (χ1v) is 11.0. The number of nitrogens with one attached hydrogen (secondary N) is 1. The van der Waals surface area contributed by atoms with Crippen molar-refractivity contribution in [3.63, 3.8) is 0 Å². The van der Waals surface area contributed by atoms with Gasteiger partial charge < -0.3 is 15.0 Å². The van der Waals surface area contributed by atoms with E-state index in [1.807, 2.05) is 0 Å². The van der Waals surface area contributed by atoms with Gasteiger partial charge in [-0.2, -0.15) is 0 Å². The molecule has 2 aromatic carbocycles. The van der Waals surface area contributed by atoms with Crippen molar-refractivity contribution in [1.82, 2.24) is 5.32 Å². The molecule has 0 radical (unpaired) electrons. The van der Waals surface area contributed by atoms with E-state index in [0.717, 1.165) is 25.4 Å². The number of methoxy groups -OCH3 is 1. The van der Waals surface area contributed by atoms with Crippen LogP contribution in [0.4, 0.5) is 5.69 Å². The van der Waals surface area contributed by atoms with Crippen molar-refractivity contribution >= 4 is 5.69 Å². The molecule has 0 bridgehead atoms. The SMILES string of the molecule is COc1ccc(N2CCN[C@@H](C)C2)cc1-c1ccc2c(c1)C(C)(C)CCC2(C)C. The zero-order chi connectivity index (χ0) is 20.8. The maximum absolute atomic E-state index is 5.77. The zero-order valence-corrected chi connectivity index (χ0v) is 18.9. The molecule has 156 valence electrons. The third kappa shape index (κ3) is 3.77. The number of piperazine rings is 1. The van der Waals surface area contributed by atoms with Gasteiger partial charge in [0.1, 0.15) is 5.75 Å². The number of fused-ring (bicyclic) bond motifs is 1. The van der Waals surface area contributed by atoms with Gasteiger partial charge in [-0.15, -0.1) is 0 Å². The molecule has 3 heteroatoms. The van der Waals surface area contributed by atoms with Crippen molar-refractivity contribution in [2.75, 3.05) is 31.6 Å². The summed E-state index contributed by atoms with van der Waals surface area (Å²) in [6.45, 7) is 14.9. The maximum Gasteiger partial charge on any atom is 0.126 e. The van der Waals surface area contributed by atoms with Crippen LogP contribution in [0.2, 0.25) is 0 Å². The number of hydrogen-bond donors (Lipinski definition) is 1. The number of ether oxygens (including phenoxy) is 1. The van der Waals surface area contributed by atoms with Crippen LogP contribution in [-0.2, 0) is 10.8 Å². The monoisotopic (exact) mass is 392 g/mol. The molecule has 1 atom stereocenters. The van der Waals surface area contributed by atoms with Crippen LogP contribution >= 0.6 is 0 Å². The number of rotatable bonds is 3. The second kappa shape index (κ2) is 7.36. The van der Waals surface area contributed by atoms with E-state index in [1.165, 1.54) is 40.8 Å². The summed E-state index contributed by atoms with van der Waals surface area (Å²) in [4.78, 5) is 2.48. The van der Waals surface area contributed by atoms with E-state index in [1.54, 1.807) is 7.11 Å². The Morgan fingerprint density at radius 2 is 1.69 bits per heavy atom. The van der Waals surface area contributed by atoms with E-state index < -0.39 is 0 Å². The van der Waals surface area contributed by atoms with Crippen molar-refractivity contribution < 1.29 is 4.74 Å². The zero-order valence-electron chi connectivity index (χ0n) is 18.9. The molecule has 1 saturated heterocycles. The first-order valence-electron chi connectivity index (χ1n) is 11.0. The topological polar surface area (TPSA) is 24.5 Å². The van der Waals surface area contributed by atoms with Crippen LogP contribution in [-0.4, -0.2) is 32.8 Å². The minimum Gasteiger partial charge on any atom is -0.496 e. The Morgan fingerprint density at radius 1 is 0.966 bits per heavy atom. The van der Waals surface area contributed by atoms with E-state index in [-0.39, 0.29) is 10.8 Å². The lowest BCUT2D eigenvalue weighted by Crippen LogP contribution is -2.49. The van der Waals surface area contributed by atoms with Crippen molar-refractivity contribution in [2.45, 2.75) is 64.3 Å². The second-order valence-electron chi connectivity index (χ2n) is 10.2. The van der Waals surface area contributed by atoms with Gasteiger partial charge in [0.2, 0.25) is 0 Å². The second-order valence-corrected chi connectivity index (χ2v) is 10.2. The van der Waals surface area contributed by atoms with Gasteiger partial charge in [0.05, 0.1) is 7.11 Å². The molecule has 1 aliphatic carbocycles. The predicted octanol–water partition coefficient (Wildman–Crippen LogP) is 5.51. The fraction of sp³-hybridized carbons (Fsp3) is 0.538. The van der Waals surface area contributed by atoms with Crippen molar-refractivity contribution in [3.05, 3.63) is 47.5 Å². The third-order valence-corrected chi connectivity index (χ3v) is 7.08. The first-order chi connectivity index (χ1) is 13.7. The summed E-state index contributed by atoms with van der Waals surface area (Å²) in [5.41, 5.74) is 7.19. The van der Waals surface area contributed by atoms with Crippen molar-refractivity contribution in [1.29, 1.82) is 0 Å². The smallest absolute Gasteiger partial charge is 0.126 e. The summed E-state index contributed by atoms with van der Waals surface area (Å²) in [6.07, 6.45) is 2.47. The molecule has 29 heavy (non-hydrogen) atoms. The van der Waals surface area contributed by atoms with Gasteiger partial charge in [0, 0.05) is 36.9 Å². The molecule has 0 saturated carbocycles. The molecule has 4 rings (SSSR count). The van der Waals surface area contributed by atoms with E-state index in [0.29, 0.717) is 6.04 Å². The molecule has 2 aliphatic rings. The van der Waals surface area contributed by atoms with Crippen LogP contribution in [0, 0.1) is 0 Å². The highest BCUT2D eigenvalue weighted by Gasteiger charge is 2.37. The van der Waals surface area contributed by atoms with E-state index in [9.17, 15) is 0 Å². The van der Waals surface area contributed by atoms with E-state index >= 15 is 0 Å². The van der Waals surface area contributed by atoms with Crippen LogP contribution in [0.3, 0.4) is 0 Å². The van der Waals surface area contributed by atoms with E-state index in [4.69, 9.17) is 4.74 Å². The Hall–Kier alpha value is -2.00. The van der Waals surface area contributed by atoms with Gasteiger partial charge in [-0.3, -0.25) is 0 Å². The number of nitrogens with zero attached hydrogens (tertiary/aromatic N) is 1. The lowest BCUT2D eigenvalue weighted by molar-refractivity contribution is 0.332.